The monoisotopic (exact) mass is 132 g/mol. The van der Waals surface area contributed by atoms with E-state index < -0.39 is 0 Å². The van der Waals surface area contributed by atoms with Gasteiger partial charge >= 0.3 is 5.97 Å². The lowest BCUT2D eigenvalue weighted by Crippen LogP contribution is -2.10. The highest BCUT2D eigenvalue weighted by atomic mass is 16.5. The fourth-order valence-corrected chi connectivity index (χ4v) is 0.309. The molecule has 0 unspecified atom stereocenters. The summed E-state index contributed by atoms with van der Waals surface area (Å²) in [6, 6.07) is 0. The van der Waals surface area contributed by atoms with E-state index in [2.05, 4.69) is 4.74 Å². The van der Waals surface area contributed by atoms with Gasteiger partial charge in [-0.15, -0.1) is 0 Å². The number of hydrogen-bond acceptors (Lipinski definition) is 2. The molecule has 0 aromatic rings. The van der Waals surface area contributed by atoms with Crippen LogP contribution in [0.15, 0.2) is 0 Å². The quantitative estimate of drug-likeness (QED) is 0.536. The van der Waals surface area contributed by atoms with Crippen LogP contribution in [0.25, 0.3) is 0 Å². The molecular weight excluding hydrogens is 116 g/mol. The molecule has 0 aliphatic carbocycles. The van der Waals surface area contributed by atoms with Crippen LogP contribution in [0.3, 0.4) is 0 Å². The molecule has 0 atom stereocenters. The molecule has 0 aromatic heterocycles. The van der Waals surface area contributed by atoms with E-state index in [1.165, 1.54) is 0 Å². The highest BCUT2D eigenvalue weighted by Gasteiger charge is 2.04. The number of hydrogen-bond donors (Lipinski definition) is 0. The van der Waals surface area contributed by atoms with Crippen molar-refractivity contribution < 1.29 is 9.53 Å². The molecule has 2 heteroatoms. The topological polar surface area (TPSA) is 26.3 Å². The summed E-state index contributed by atoms with van der Waals surface area (Å²) in [6.07, 6.45) is 0. The zero-order chi connectivity index (χ0) is 6.57. The van der Waals surface area contributed by atoms with Gasteiger partial charge in [-0.1, -0.05) is 21.3 Å². The summed E-state index contributed by atoms with van der Waals surface area (Å²) < 4.78 is 4.66. The molecule has 0 rings (SSSR count). The molecule has 0 fully saturated rings. The molecule has 56 valence electrons. The summed E-state index contributed by atoms with van der Waals surface area (Å²) >= 11 is 0. The molecule has 0 saturated heterocycles. The Hall–Kier alpha value is -0.530. The molecule has 0 aromatic carbocycles. The van der Waals surface area contributed by atoms with Gasteiger partial charge in [0.05, 0.1) is 12.5 Å². The Morgan fingerprint density at radius 3 is 2.11 bits per heavy atom. The fourth-order valence-electron chi connectivity index (χ4n) is 0.309. The van der Waals surface area contributed by atoms with Crippen LogP contribution in [0, 0.1) is 5.92 Å². The van der Waals surface area contributed by atoms with Gasteiger partial charge in [-0.2, -0.15) is 0 Å². The lowest BCUT2D eigenvalue weighted by atomic mass is 10.2. The first-order valence-electron chi connectivity index (χ1n) is 2.85. The van der Waals surface area contributed by atoms with Crippen LogP contribution in [-0.2, 0) is 9.53 Å². The van der Waals surface area contributed by atoms with Crippen molar-refractivity contribution in [2.45, 2.75) is 28.2 Å². The van der Waals surface area contributed by atoms with Gasteiger partial charge < -0.3 is 4.74 Å². The first-order chi connectivity index (χ1) is 3.68. The number of carbonyl (C=O) groups is 1. The van der Waals surface area contributed by atoms with E-state index in [1.807, 2.05) is 13.8 Å². The van der Waals surface area contributed by atoms with Crippen LogP contribution in [0.1, 0.15) is 28.2 Å². The van der Waals surface area contributed by atoms with Crippen LogP contribution >= 0.6 is 0 Å². The summed E-state index contributed by atoms with van der Waals surface area (Å²) in [7, 11) is 0. The normalized spacial score (nSPS) is 8.44. The second-order valence-electron chi connectivity index (χ2n) is 1.91. The molecule has 0 aliphatic rings. The van der Waals surface area contributed by atoms with E-state index >= 15 is 0 Å². The van der Waals surface area contributed by atoms with Crippen molar-refractivity contribution in [3.05, 3.63) is 0 Å². The predicted octanol–water partition coefficient (Wildman–Crippen LogP) is 1.84. The first kappa shape index (κ1) is 11.3. The van der Waals surface area contributed by atoms with Crippen LogP contribution < -0.4 is 0 Å². The second kappa shape index (κ2) is 5.60. The third-order valence-electron chi connectivity index (χ3n) is 0.758. The maximum absolute atomic E-state index is 10.5. The van der Waals surface area contributed by atoms with Gasteiger partial charge in [-0.25, -0.2) is 0 Å². The predicted molar refractivity (Wildman–Crippen MR) is 38.2 cm³/mol. The van der Waals surface area contributed by atoms with E-state index in [1.54, 1.807) is 6.92 Å². The lowest BCUT2D eigenvalue weighted by Gasteiger charge is -2.01. The third kappa shape index (κ3) is 5.34. The van der Waals surface area contributed by atoms with Gasteiger partial charge in [0.2, 0.25) is 0 Å². The molecule has 9 heavy (non-hydrogen) atoms. The Bertz CT molecular complexity index is 77.0. The van der Waals surface area contributed by atoms with E-state index in [9.17, 15) is 4.79 Å². The fraction of sp³-hybridized carbons (Fsp3) is 0.857. The minimum atomic E-state index is -0.118. The van der Waals surface area contributed by atoms with Crippen molar-refractivity contribution in [1.29, 1.82) is 0 Å². The Kier molecular flexibility index (Phi) is 7.03. The maximum Gasteiger partial charge on any atom is 0.308 e. The summed E-state index contributed by atoms with van der Waals surface area (Å²) in [6.45, 7) is 5.92. The zero-order valence-electron chi connectivity index (χ0n) is 5.60. The molecule has 0 saturated carbocycles. The van der Waals surface area contributed by atoms with Crippen molar-refractivity contribution in [2.24, 2.45) is 5.92 Å². The van der Waals surface area contributed by atoms with Crippen molar-refractivity contribution in [1.82, 2.24) is 0 Å². The van der Waals surface area contributed by atoms with Crippen LogP contribution in [0.5, 0.6) is 0 Å². The molecule has 0 heterocycles. The molecule has 0 aliphatic heterocycles. The van der Waals surface area contributed by atoms with Gasteiger partial charge in [0, 0.05) is 0 Å². The standard InChI is InChI=1S/C6H12O2.CH4/c1-4-8-6(7)5(2)3;/h5H,4H2,1-3H3;1H4. The van der Waals surface area contributed by atoms with Crippen molar-refractivity contribution in [2.75, 3.05) is 6.61 Å². The van der Waals surface area contributed by atoms with Crippen LogP contribution in [0.2, 0.25) is 0 Å². The Labute approximate surface area is 57.2 Å². The highest BCUT2D eigenvalue weighted by molar-refractivity contribution is 5.71. The third-order valence-corrected chi connectivity index (χ3v) is 0.758. The summed E-state index contributed by atoms with van der Waals surface area (Å²) in [5.74, 6) is -0.109. The van der Waals surface area contributed by atoms with Gasteiger partial charge in [0.25, 0.3) is 0 Å². The molecule has 0 radical (unpaired) electrons. The number of rotatable bonds is 2. The van der Waals surface area contributed by atoms with Gasteiger partial charge in [0.15, 0.2) is 0 Å². The van der Waals surface area contributed by atoms with E-state index in [-0.39, 0.29) is 19.3 Å². The molecule has 0 amide bonds. The Morgan fingerprint density at radius 1 is 1.56 bits per heavy atom. The van der Waals surface area contributed by atoms with E-state index in [4.69, 9.17) is 0 Å². The summed E-state index contributed by atoms with van der Waals surface area (Å²) in [5.41, 5.74) is 0. The van der Waals surface area contributed by atoms with Gasteiger partial charge in [-0.05, 0) is 6.92 Å². The SMILES string of the molecule is C.CCOC(=O)C(C)C. The Morgan fingerprint density at radius 2 is 2.00 bits per heavy atom. The molecule has 2 nitrogen and oxygen atoms in total. The maximum atomic E-state index is 10.5. The van der Waals surface area contributed by atoms with Gasteiger partial charge in [-0.3, -0.25) is 4.79 Å². The van der Waals surface area contributed by atoms with Crippen LogP contribution in [-0.4, -0.2) is 12.6 Å². The summed E-state index contributed by atoms with van der Waals surface area (Å²) in [5, 5.41) is 0. The lowest BCUT2D eigenvalue weighted by molar-refractivity contribution is -0.146. The van der Waals surface area contributed by atoms with Crippen LogP contribution in [0.4, 0.5) is 0 Å². The van der Waals surface area contributed by atoms with Gasteiger partial charge in [0.1, 0.15) is 0 Å². The smallest absolute Gasteiger partial charge is 0.308 e. The van der Waals surface area contributed by atoms with E-state index in [0.717, 1.165) is 0 Å². The molecule has 0 N–H and O–H groups in total. The van der Waals surface area contributed by atoms with Crippen molar-refractivity contribution >= 4 is 5.97 Å². The zero-order valence-corrected chi connectivity index (χ0v) is 5.60. The second-order valence-corrected chi connectivity index (χ2v) is 1.91. The summed E-state index contributed by atoms with van der Waals surface area (Å²) in [4.78, 5) is 10.5. The minimum Gasteiger partial charge on any atom is -0.466 e. The highest BCUT2D eigenvalue weighted by Crippen LogP contribution is 1.93. The number of esters is 1. The van der Waals surface area contributed by atoms with E-state index in [0.29, 0.717) is 6.61 Å². The average Bonchev–Trinajstić information content (AvgIpc) is 1.67. The Balaban J connectivity index is 0. The molecule has 0 bridgehead atoms. The number of carbonyl (C=O) groups excluding carboxylic acids is 1. The molecular formula is C7H16O2. The average molecular weight is 132 g/mol. The van der Waals surface area contributed by atoms with Crippen molar-refractivity contribution in [3.8, 4) is 0 Å². The largest absolute Gasteiger partial charge is 0.466 e. The minimum absolute atomic E-state index is 0. The number of ether oxygens (including phenoxy) is 1. The van der Waals surface area contributed by atoms with Crippen molar-refractivity contribution in [3.63, 3.8) is 0 Å². The first-order valence-corrected chi connectivity index (χ1v) is 2.85. The molecule has 0 spiro atoms.